The number of benzene rings is 1. The summed E-state index contributed by atoms with van der Waals surface area (Å²) in [4.78, 5) is 14.5. The Labute approximate surface area is 115 Å². The lowest BCUT2D eigenvalue weighted by Gasteiger charge is -2.36. The molecule has 19 heavy (non-hydrogen) atoms. The van der Waals surface area contributed by atoms with Crippen molar-refractivity contribution in [2.45, 2.75) is 39.2 Å². The number of hydrogen-bond acceptors (Lipinski definition) is 3. The topological polar surface area (TPSA) is 58.4 Å². The van der Waals surface area contributed by atoms with Gasteiger partial charge in [0.25, 0.3) is 5.91 Å². The average Bonchev–Trinajstić information content (AvgIpc) is 2.39. The maximum absolute atomic E-state index is 12.1. The number of anilines is 2. The summed E-state index contributed by atoms with van der Waals surface area (Å²) < 4.78 is 0. The molecule has 1 atom stereocenters. The lowest BCUT2D eigenvalue weighted by molar-refractivity contribution is 0.0956. The molecule has 1 unspecified atom stereocenters. The van der Waals surface area contributed by atoms with E-state index in [-0.39, 0.29) is 5.91 Å². The van der Waals surface area contributed by atoms with Gasteiger partial charge >= 0.3 is 0 Å². The first kappa shape index (κ1) is 13.7. The van der Waals surface area contributed by atoms with E-state index in [0.717, 1.165) is 17.8 Å². The van der Waals surface area contributed by atoms with Gasteiger partial charge in [0.1, 0.15) is 0 Å². The summed E-state index contributed by atoms with van der Waals surface area (Å²) in [6, 6.07) is 6.01. The van der Waals surface area contributed by atoms with Crippen molar-refractivity contribution in [1.82, 2.24) is 5.32 Å². The molecular formula is C15H23N3O. The fourth-order valence-corrected chi connectivity index (χ4v) is 2.69. The Morgan fingerprint density at radius 3 is 2.95 bits per heavy atom. The average molecular weight is 261 g/mol. The smallest absolute Gasteiger partial charge is 0.253 e. The molecule has 1 aromatic rings. The molecule has 0 saturated carbocycles. The fraction of sp³-hybridized carbons (Fsp3) is 0.533. The molecule has 1 saturated heterocycles. The van der Waals surface area contributed by atoms with Crippen LogP contribution < -0.4 is 16.0 Å². The maximum atomic E-state index is 12.1. The van der Waals surface area contributed by atoms with Crippen molar-refractivity contribution < 1.29 is 4.79 Å². The quantitative estimate of drug-likeness (QED) is 0.821. The van der Waals surface area contributed by atoms with Gasteiger partial charge in [-0.3, -0.25) is 4.79 Å². The largest absolute Gasteiger partial charge is 0.399 e. The first-order valence-corrected chi connectivity index (χ1v) is 7.08. The number of hydrogen-bond donors (Lipinski definition) is 2. The molecule has 1 fully saturated rings. The third kappa shape index (κ3) is 3.00. The zero-order chi connectivity index (χ0) is 13.8. The Kier molecular flexibility index (Phi) is 4.30. The van der Waals surface area contributed by atoms with Crippen LogP contribution in [-0.2, 0) is 0 Å². The molecule has 0 bridgehead atoms. The highest BCUT2D eigenvalue weighted by molar-refractivity contribution is 6.00. The third-order valence-electron chi connectivity index (χ3n) is 3.72. The van der Waals surface area contributed by atoms with Gasteiger partial charge in [-0.2, -0.15) is 0 Å². The highest BCUT2D eigenvalue weighted by atomic mass is 16.1. The van der Waals surface area contributed by atoms with Gasteiger partial charge in [-0.25, -0.2) is 0 Å². The minimum Gasteiger partial charge on any atom is -0.399 e. The van der Waals surface area contributed by atoms with Gasteiger partial charge in [0, 0.05) is 24.8 Å². The summed E-state index contributed by atoms with van der Waals surface area (Å²) in [5, 5.41) is 2.87. The van der Waals surface area contributed by atoms with Crippen LogP contribution >= 0.6 is 0 Å². The summed E-state index contributed by atoms with van der Waals surface area (Å²) in [6.45, 7) is 5.78. The van der Waals surface area contributed by atoms with Gasteiger partial charge in [-0.1, -0.05) is 0 Å². The normalized spacial score (nSPS) is 19.3. The molecule has 104 valence electrons. The summed E-state index contributed by atoms with van der Waals surface area (Å²) in [6.07, 6.45) is 3.61. The molecule has 1 aliphatic rings. The van der Waals surface area contributed by atoms with Gasteiger partial charge < -0.3 is 16.0 Å². The third-order valence-corrected chi connectivity index (χ3v) is 3.72. The maximum Gasteiger partial charge on any atom is 0.253 e. The molecule has 4 nitrogen and oxygen atoms in total. The second kappa shape index (κ2) is 5.95. The predicted molar refractivity (Wildman–Crippen MR) is 79.5 cm³/mol. The van der Waals surface area contributed by atoms with Crippen LogP contribution in [0.4, 0.5) is 11.4 Å². The number of nitrogens with one attached hydrogen (secondary N) is 1. The second-order valence-corrected chi connectivity index (χ2v) is 5.17. The molecule has 3 N–H and O–H groups in total. The van der Waals surface area contributed by atoms with Crippen molar-refractivity contribution in [3.8, 4) is 0 Å². The number of nitrogens with zero attached hydrogens (tertiary/aromatic N) is 1. The molecule has 1 amide bonds. The lowest BCUT2D eigenvalue weighted by Crippen LogP contribution is -2.39. The zero-order valence-corrected chi connectivity index (χ0v) is 11.8. The molecule has 0 spiro atoms. The Morgan fingerprint density at radius 2 is 2.26 bits per heavy atom. The van der Waals surface area contributed by atoms with E-state index in [1.165, 1.54) is 19.3 Å². The molecule has 0 aromatic heterocycles. The van der Waals surface area contributed by atoms with Crippen molar-refractivity contribution in [3.05, 3.63) is 23.8 Å². The van der Waals surface area contributed by atoms with Gasteiger partial charge in [-0.05, 0) is 51.3 Å². The SMILES string of the molecule is CCNC(=O)c1ccc(N)cc1N1CCCCC1C. The summed E-state index contributed by atoms with van der Waals surface area (Å²) in [7, 11) is 0. The minimum absolute atomic E-state index is 0.0183. The highest BCUT2D eigenvalue weighted by Gasteiger charge is 2.23. The molecular weight excluding hydrogens is 238 g/mol. The van der Waals surface area contributed by atoms with Gasteiger partial charge in [0.2, 0.25) is 0 Å². The van der Waals surface area contributed by atoms with E-state index in [1.807, 2.05) is 19.1 Å². The van der Waals surface area contributed by atoms with E-state index in [2.05, 4.69) is 17.1 Å². The number of rotatable bonds is 3. The van der Waals surface area contributed by atoms with Gasteiger partial charge in [-0.15, -0.1) is 0 Å². The van der Waals surface area contributed by atoms with Crippen molar-refractivity contribution in [3.63, 3.8) is 0 Å². The van der Waals surface area contributed by atoms with Crippen LogP contribution in [-0.4, -0.2) is 25.0 Å². The summed E-state index contributed by atoms with van der Waals surface area (Å²) >= 11 is 0. The molecule has 0 radical (unpaired) electrons. The Bertz CT molecular complexity index is 459. The first-order valence-electron chi connectivity index (χ1n) is 7.08. The number of carbonyl (C=O) groups is 1. The van der Waals surface area contributed by atoms with Crippen molar-refractivity contribution >= 4 is 17.3 Å². The number of piperidine rings is 1. The van der Waals surface area contributed by atoms with Crippen LogP contribution in [0.2, 0.25) is 0 Å². The van der Waals surface area contributed by atoms with E-state index in [9.17, 15) is 4.79 Å². The lowest BCUT2D eigenvalue weighted by atomic mass is 10.0. The van der Waals surface area contributed by atoms with Crippen molar-refractivity contribution in [2.75, 3.05) is 23.7 Å². The number of nitrogens with two attached hydrogens (primary N) is 1. The fourth-order valence-electron chi connectivity index (χ4n) is 2.69. The Balaban J connectivity index is 2.36. The van der Waals surface area contributed by atoms with Crippen molar-refractivity contribution in [1.29, 1.82) is 0 Å². The highest BCUT2D eigenvalue weighted by Crippen LogP contribution is 2.29. The van der Waals surface area contributed by atoms with Gasteiger partial charge in [0.05, 0.1) is 11.3 Å². The molecule has 1 aromatic carbocycles. The Morgan fingerprint density at radius 1 is 1.47 bits per heavy atom. The van der Waals surface area contributed by atoms with E-state index >= 15 is 0 Å². The summed E-state index contributed by atoms with van der Waals surface area (Å²) in [5.41, 5.74) is 8.30. The van der Waals surface area contributed by atoms with E-state index < -0.39 is 0 Å². The number of amides is 1. The van der Waals surface area contributed by atoms with Crippen LogP contribution in [0.25, 0.3) is 0 Å². The van der Waals surface area contributed by atoms with E-state index in [4.69, 9.17) is 5.73 Å². The molecule has 2 rings (SSSR count). The second-order valence-electron chi connectivity index (χ2n) is 5.17. The first-order chi connectivity index (χ1) is 9.13. The van der Waals surface area contributed by atoms with Crippen LogP contribution in [0, 0.1) is 0 Å². The number of nitrogen functional groups attached to an aromatic ring is 1. The monoisotopic (exact) mass is 261 g/mol. The number of carbonyl (C=O) groups excluding carboxylic acids is 1. The molecule has 0 aliphatic carbocycles. The van der Waals surface area contributed by atoms with E-state index in [0.29, 0.717) is 18.3 Å². The predicted octanol–water partition coefficient (Wildman–Crippen LogP) is 2.40. The van der Waals surface area contributed by atoms with Crippen LogP contribution in [0.15, 0.2) is 18.2 Å². The minimum atomic E-state index is -0.0183. The Hall–Kier alpha value is -1.71. The standard InChI is InChI=1S/C15H23N3O/c1-3-17-15(19)13-8-7-12(16)10-14(13)18-9-5-4-6-11(18)2/h7-8,10-11H,3-6,9,16H2,1-2H3,(H,17,19). The summed E-state index contributed by atoms with van der Waals surface area (Å²) in [5.74, 6) is -0.0183. The van der Waals surface area contributed by atoms with E-state index in [1.54, 1.807) is 6.07 Å². The molecule has 1 aliphatic heterocycles. The van der Waals surface area contributed by atoms with Crippen LogP contribution in [0.5, 0.6) is 0 Å². The van der Waals surface area contributed by atoms with Crippen LogP contribution in [0.3, 0.4) is 0 Å². The zero-order valence-electron chi connectivity index (χ0n) is 11.8. The van der Waals surface area contributed by atoms with Gasteiger partial charge in [0.15, 0.2) is 0 Å². The van der Waals surface area contributed by atoms with Crippen molar-refractivity contribution in [2.24, 2.45) is 0 Å². The van der Waals surface area contributed by atoms with Crippen LogP contribution in [0.1, 0.15) is 43.5 Å². The molecule has 4 heteroatoms. The molecule has 1 heterocycles.